The molecule has 1 heterocycles. The maximum absolute atomic E-state index is 5.26. The van der Waals surface area contributed by atoms with E-state index in [1.54, 1.807) is 14.2 Å². The Morgan fingerprint density at radius 3 is 2.27 bits per heavy atom. The van der Waals surface area contributed by atoms with Crippen molar-refractivity contribution in [3.8, 4) is 5.75 Å². The fourth-order valence-corrected chi connectivity index (χ4v) is 1.19. The highest BCUT2D eigenvalue weighted by atomic mass is 16.5. The van der Waals surface area contributed by atoms with Crippen LogP contribution in [0.25, 0.3) is 0 Å². The van der Waals surface area contributed by atoms with E-state index in [1.165, 1.54) is 6.33 Å². The SMILES string of the molecule is CNc1ncnc(NC(C)(C)C)c1OC. The predicted molar refractivity (Wildman–Crippen MR) is 61.5 cm³/mol. The van der Waals surface area contributed by atoms with Gasteiger partial charge in [0.05, 0.1) is 7.11 Å². The number of hydrogen-bond donors (Lipinski definition) is 2. The molecule has 0 bridgehead atoms. The van der Waals surface area contributed by atoms with Gasteiger partial charge in [0.1, 0.15) is 6.33 Å². The maximum Gasteiger partial charge on any atom is 0.204 e. The van der Waals surface area contributed by atoms with Crippen LogP contribution in [0.2, 0.25) is 0 Å². The Morgan fingerprint density at radius 1 is 1.20 bits per heavy atom. The highest BCUT2D eigenvalue weighted by Gasteiger charge is 2.16. The summed E-state index contributed by atoms with van der Waals surface area (Å²) in [5, 5.41) is 6.22. The summed E-state index contributed by atoms with van der Waals surface area (Å²) in [6.45, 7) is 6.19. The average Bonchev–Trinajstić information content (AvgIpc) is 2.15. The van der Waals surface area contributed by atoms with Crippen LogP contribution < -0.4 is 15.4 Å². The van der Waals surface area contributed by atoms with E-state index in [1.807, 2.05) is 0 Å². The molecule has 0 unspecified atom stereocenters. The zero-order valence-electron chi connectivity index (χ0n) is 9.88. The van der Waals surface area contributed by atoms with E-state index in [0.717, 1.165) is 0 Å². The van der Waals surface area contributed by atoms with Crippen LogP contribution in [-0.4, -0.2) is 29.7 Å². The number of nitrogens with one attached hydrogen (secondary N) is 2. The first kappa shape index (κ1) is 11.6. The number of hydrogen-bond acceptors (Lipinski definition) is 5. The van der Waals surface area contributed by atoms with Crippen molar-refractivity contribution in [1.29, 1.82) is 0 Å². The Morgan fingerprint density at radius 2 is 1.80 bits per heavy atom. The van der Waals surface area contributed by atoms with E-state index in [-0.39, 0.29) is 5.54 Å². The molecule has 1 aromatic rings. The van der Waals surface area contributed by atoms with Crippen LogP contribution >= 0.6 is 0 Å². The van der Waals surface area contributed by atoms with Gasteiger partial charge in [0, 0.05) is 12.6 Å². The number of aromatic nitrogens is 2. The van der Waals surface area contributed by atoms with Crippen molar-refractivity contribution in [3.05, 3.63) is 6.33 Å². The van der Waals surface area contributed by atoms with Gasteiger partial charge in [-0.15, -0.1) is 0 Å². The molecule has 0 spiro atoms. The molecule has 0 aliphatic rings. The molecule has 0 saturated heterocycles. The van der Waals surface area contributed by atoms with Crippen LogP contribution in [0.4, 0.5) is 11.6 Å². The summed E-state index contributed by atoms with van der Waals surface area (Å²) in [5.74, 6) is 2.01. The Balaban J connectivity index is 3.06. The number of rotatable bonds is 3. The van der Waals surface area contributed by atoms with Crippen molar-refractivity contribution >= 4 is 11.6 Å². The summed E-state index contributed by atoms with van der Waals surface area (Å²) in [6.07, 6.45) is 1.50. The van der Waals surface area contributed by atoms with Gasteiger partial charge in [0.2, 0.25) is 5.75 Å². The third-order valence-corrected chi connectivity index (χ3v) is 1.74. The zero-order chi connectivity index (χ0) is 11.5. The van der Waals surface area contributed by atoms with E-state index in [9.17, 15) is 0 Å². The number of methoxy groups -OCH3 is 1. The lowest BCUT2D eigenvalue weighted by atomic mass is 10.1. The third-order valence-electron chi connectivity index (χ3n) is 1.74. The van der Waals surface area contributed by atoms with Gasteiger partial charge < -0.3 is 15.4 Å². The van der Waals surface area contributed by atoms with Gasteiger partial charge in [0.15, 0.2) is 11.6 Å². The number of nitrogens with zero attached hydrogens (tertiary/aromatic N) is 2. The minimum Gasteiger partial charge on any atom is -0.490 e. The molecule has 0 radical (unpaired) electrons. The second kappa shape index (κ2) is 4.33. The normalized spacial score (nSPS) is 11.0. The van der Waals surface area contributed by atoms with Gasteiger partial charge in [-0.1, -0.05) is 0 Å². The summed E-state index contributed by atoms with van der Waals surface area (Å²) in [4.78, 5) is 8.23. The Labute approximate surface area is 90.3 Å². The minimum absolute atomic E-state index is 0.0629. The molecular weight excluding hydrogens is 192 g/mol. The molecule has 0 fully saturated rings. The van der Waals surface area contributed by atoms with Crippen molar-refractivity contribution in [3.63, 3.8) is 0 Å². The molecule has 0 atom stereocenters. The molecule has 84 valence electrons. The molecule has 1 rings (SSSR count). The standard InChI is InChI=1S/C10H18N4O/c1-10(2,3)14-9-7(15-5)8(11-4)12-6-13-9/h6H,1-5H3,(H2,11,12,13,14). The van der Waals surface area contributed by atoms with Crippen LogP contribution in [0.5, 0.6) is 5.75 Å². The molecule has 1 aromatic heterocycles. The highest BCUT2D eigenvalue weighted by molar-refractivity contribution is 5.63. The van der Waals surface area contributed by atoms with Gasteiger partial charge in [-0.05, 0) is 20.8 Å². The first-order chi connectivity index (χ1) is 6.98. The van der Waals surface area contributed by atoms with Gasteiger partial charge >= 0.3 is 0 Å². The Bertz CT molecular complexity index is 333. The predicted octanol–water partition coefficient (Wildman–Crippen LogP) is 1.74. The van der Waals surface area contributed by atoms with E-state index in [2.05, 4.69) is 41.4 Å². The lowest BCUT2D eigenvalue weighted by Gasteiger charge is -2.23. The first-order valence-electron chi connectivity index (χ1n) is 4.83. The number of anilines is 2. The summed E-state index contributed by atoms with van der Waals surface area (Å²) in [5.41, 5.74) is -0.0629. The lowest BCUT2D eigenvalue weighted by Crippen LogP contribution is -2.27. The summed E-state index contributed by atoms with van der Waals surface area (Å²) < 4.78 is 5.26. The smallest absolute Gasteiger partial charge is 0.204 e. The van der Waals surface area contributed by atoms with Crippen LogP contribution in [0.15, 0.2) is 6.33 Å². The Hall–Kier alpha value is -1.52. The zero-order valence-corrected chi connectivity index (χ0v) is 9.88. The topological polar surface area (TPSA) is 59.1 Å². The van der Waals surface area contributed by atoms with Gasteiger partial charge in [-0.25, -0.2) is 9.97 Å². The third kappa shape index (κ3) is 2.97. The van der Waals surface area contributed by atoms with E-state index in [0.29, 0.717) is 17.4 Å². The van der Waals surface area contributed by atoms with Crippen LogP contribution in [0.3, 0.4) is 0 Å². The molecule has 0 aliphatic heterocycles. The van der Waals surface area contributed by atoms with Gasteiger partial charge in [0.25, 0.3) is 0 Å². The van der Waals surface area contributed by atoms with Gasteiger partial charge in [-0.3, -0.25) is 0 Å². The molecule has 0 saturated carbocycles. The van der Waals surface area contributed by atoms with Crippen LogP contribution in [0, 0.1) is 0 Å². The van der Waals surface area contributed by atoms with E-state index < -0.39 is 0 Å². The second-order valence-electron chi connectivity index (χ2n) is 4.23. The van der Waals surface area contributed by atoms with Crippen LogP contribution in [-0.2, 0) is 0 Å². The molecule has 0 amide bonds. The molecule has 0 aromatic carbocycles. The average molecular weight is 210 g/mol. The lowest BCUT2D eigenvalue weighted by molar-refractivity contribution is 0.413. The van der Waals surface area contributed by atoms with Crippen molar-refractivity contribution < 1.29 is 4.74 Å². The Kier molecular flexibility index (Phi) is 3.34. The maximum atomic E-state index is 5.26. The molecule has 2 N–H and O–H groups in total. The number of ether oxygens (including phenoxy) is 1. The fraction of sp³-hybridized carbons (Fsp3) is 0.600. The molecule has 0 aliphatic carbocycles. The monoisotopic (exact) mass is 210 g/mol. The van der Waals surface area contributed by atoms with Crippen molar-refractivity contribution in [2.75, 3.05) is 24.8 Å². The highest BCUT2D eigenvalue weighted by Crippen LogP contribution is 2.30. The molecular formula is C10H18N4O. The van der Waals surface area contributed by atoms with E-state index in [4.69, 9.17) is 4.74 Å². The van der Waals surface area contributed by atoms with Crippen molar-refractivity contribution in [2.45, 2.75) is 26.3 Å². The summed E-state index contributed by atoms with van der Waals surface area (Å²) in [7, 11) is 3.40. The second-order valence-corrected chi connectivity index (χ2v) is 4.23. The molecule has 15 heavy (non-hydrogen) atoms. The van der Waals surface area contributed by atoms with Crippen molar-refractivity contribution in [1.82, 2.24) is 9.97 Å². The minimum atomic E-state index is -0.0629. The quantitative estimate of drug-likeness (QED) is 0.795. The van der Waals surface area contributed by atoms with Gasteiger partial charge in [-0.2, -0.15) is 0 Å². The van der Waals surface area contributed by atoms with Crippen LogP contribution in [0.1, 0.15) is 20.8 Å². The summed E-state index contributed by atoms with van der Waals surface area (Å²) in [6, 6.07) is 0. The van der Waals surface area contributed by atoms with E-state index >= 15 is 0 Å². The molecule has 5 nitrogen and oxygen atoms in total. The summed E-state index contributed by atoms with van der Waals surface area (Å²) >= 11 is 0. The van der Waals surface area contributed by atoms with Crippen molar-refractivity contribution in [2.24, 2.45) is 0 Å². The molecule has 5 heteroatoms. The first-order valence-corrected chi connectivity index (χ1v) is 4.83. The largest absolute Gasteiger partial charge is 0.490 e. The fourth-order valence-electron chi connectivity index (χ4n) is 1.19.